The quantitative estimate of drug-likeness (QED) is 0.641. The van der Waals surface area contributed by atoms with Crippen LogP contribution in [-0.2, 0) is 4.79 Å². The van der Waals surface area contributed by atoms with Gasteiger partial charge in [0, 0.05) is 6.07 Å². The van der Waals surface area contributed by atoms with Gasteiger partial charge in [0.1, 0.15) is 5.75 Å². The first-order valence-corrected chi connectivity index (χ1v) is 5.69. The minimum Gasteiger partial charge on any atom is -0.733 e. The van der Waals surface area contributed by atoms with E-state index in [1.54, 1.807) is 6.92 Å². The van der Waals surface area contributed by atoms with Crippen molar-refractivity contribution in [3.05, 3.63) is 23.4 Å². The number of alkyl halides is 5. The molecular weight excluding hydrogens is 319 g/mol. The third kappa shape index (κ3) is 3.74. The van der Waals surface area contributed by atoms with Gasteiger partial charge in [-0.15, -0.1) is 0 Å². The van der Waals surface area contributed by atoms with E-state index < -0.39 is 34.6 Å². The van der Waals surface area contributed by atoms with E-state index in [4.69, 9.17) is 9.94 Å². The SMILES string of the molecule is CCOc1ccc(NC(=O)C(F)(F)C(F)(F)F)c(N([O-])O)c1. The van der Waals surface area contributed by atoms with Crippen LogP contribution in [0.2, 0.25) is 0 Å². The van der Waals surface area contributed by atoms with Crippen molar-refractivity contribution in [1.82, 2.24) is 0 Å². The number of benzene rings is 1. The lowest BCUT2D eigenvalue weighted by Crippen LogP contribution is -2.47. The second-order valence-electron chi connectivity index (χ2n) is 3.91. The maximum absolute atomic E-state index is 12.8. The predicted octanol–water partition coefficient (Wildman–Crippen LogP) is 2.91. The lowest BCUT2D eigenvalue weighted by Gasteiger charge is -2.26. The molecule has 6 nitrogen and oxygen atoms in total. The van der Waals surface area contributed by atoms with Gasteiger partial charge < -0.3 is 20.5 Å². The third-order valence-corrected chi connectivity index (χ3v) is 2.38. The van der Waals surface area contributed by atoms with Gasteiger partial charge in [-0.05, 0) is 19.1 Å². The van der Waals surface area contributed by atoms with Crippen LogP contribution in [0.4, 0.5) is 33.3 Å². The lowest BCUT2D eigenvalue weighted by molar-refractivity contribution is -0.267. The summed E-state index contributed by atoms with van der Waals surface area (Å²) in [5.41, 5.74) is -1.51. The van der Waals surface area contributed by atoms with Crippen molar-refractivity contribution in [2.75, 3.05) is 17.2 Å². The van der Waals surface area contributed by atoms with Gasteiger partial charge in [-0.3, -0.25) is 10.0 Å². The van der Waals surface area contributed by atoms with E-state index in [0.717, 1.165) is 18.2 Å². The van der Waals surface area contributed by atoms with Crippen LogP contribution < -0.4 is 15.3 Å². The highest BCUT2D eigenvalue weighted by Crippen LogP contribution is 2.37. The molecule has 2 N–H and O–H groups in total. The molecular formula is C11H10F5N2O4-. The van der Waals surface area contributed by atoms with E-state index >= 15 is 0 Å². The molecule has 0 unspecified atom stereocenters. The largest absolute Gasteiger partial charge is 0.733 e. The number of halogens is 5. The van der Waals surface area contributed by atoms with E-state index in [0.29, 0.717) is 0 Å². The predicted molar refractivity (Wildman–Crippen MR) is 64.9 cm³/mol. The van der Waals surface area contributed by atoms with E-state index in [-0.39, 0.29) is 12.4 Å². The number of hydrogen-bond donors (Lipinski definition) is 2. The van der Waals surface area contributed by atoms with Crippen LogP contribution in [0.5, 0.6) is 5.75 Å². The summed E-state index contributed by atoms with van der Waals surface area (Å²) < 4.78 is 66.8. The van der Waals surface area contributed by atoms with Crippen LogP contribution >= 0.6 is 0 Å². The summed E-state index contributed by atoms with van der Waals surface area (Å²) >= 11 is 0. The highest BCUT2D eigenvalue weighted by molar-refractivity contribution is 5.99. The fourth-order valence-electron chi connectivity index (χ4n) is 1.36. The third-order valence-electron chi connectivity index (χ3n) is 2.38. The van der Waals surface area contributed by atoms with Crippen LogP contribution in [0.3, 0.4) is 0 Å². The molecule has 1 amide bonds. The Bertz CT molecular complexity index is 548. The molecule has 0 aliphatic carbocycles. The van der Waals surface area contributed by atoms with Gasteiger partial charge in [0.25, 0.3) is 0 Å². The van der Waals surface area contributed by atoms with Crippen LogP contribution in [-0.4, -0.2) is 29.8 Å². The molecule has 0 heterocycles. The molecule has 1 aromatic carbocycles. The maximum Gasteiger partial charge on any atom is 0.463 e. The summed E-state index contributed by atoms with van der Waals surface area (Å²) in [6.45, 7) is 1.76. The van der Waals surface area contributed by atoms with Crippen LogP contribution in [0.25, 0.3) is 0 Å². The molecule has 0 spiro atoms. The first-order valence-electron chi connectivity index (χ1n) is 5.69. The fourth-order valence-corrected chi connectivity index (χ4v) is 1.36. The summed E-state index contributed by atoms with van der Waals surface area (Å²) in [6.07, 6.45) is -6.10. The second-order valence-corrected chi connectivity index (χ2v) is 3.91. The molecule has 0 aliphatic heterocycles. The van der Waals surface area contributed by atoms with E-state index in [1.807, 2.05) is 0 Å². The zero-order valence-corrected chi connectivity index (χ0v) is 10.9. The molecule has 11 heteroatoms. The molecule has 0 aliphatic rings. The number of anilines is 2. The molecule has 0 fully saturated rings. The highest BCUT2D eigenvalue weighted by atomic mass is 19.4. The molecule has 1 rings (SSSR count). The van der Waals surface area contributed by atoms with Crippen molar-refractivity contribution in [3.63, 3.8) is 0 Å². The number of amides is 1. The number of carbonyl (C=O) groups excluding carboxylic acids is 1. The summed E-state index contributed by atoms with van der Waals surface area (Å²) in [7, 11) is 0. The smallest absolute Gasteiger partial charge is 0.463 e. The lowest BCUT2D eigenvalue weighted by atomic mass is 10.2. The fraction of sp³-hybridized carbons (Fsp3) is 0.364. The van der Waals surface area contributed by atoms with Gasteiger partial charge in [0.15, 0.2) is 0 Å². The van der Waals surface area contributed by atoms with Gasteiger partial charge in [-0.25, -0.2) is 0 Å². The van der Waals surface area contributed by atoms with Crippen molar-refractivity contribution in [1.29, 1.82) is 0 Å². The van der Waals surface area contributed by atoms with E-state index in [2.05, 4.69) is 0 Å². The molecule has 124 valence electrons. The van der Waals surface area contributed by atoms with Crippen molar-refractivity contribution >= 4 is 17.3 Å². The van der Waals surface area contributed by atoms with Crippen molar-refractivity contribution in [3.8, 4) is 5.75 Å². The monoisotopic (exact) mass is 329 g/mol. The Morgan fingerprint density at radius 3 is 2.41 bits per heavy atom. The standard InChI is InChI=1S/C11H10F5N2O4/c1-2-22-6-3-4-7(8(5-6)18(20)21)17-9(19)10(12,13)11(14,15)16/h3-5,20H,2H2,1H3,(H,17,19)/q-1. The Morgan fingerprint density at radius 2 is 1.95 bits per heavy atom. The van der Waals surface area contributed by atoms with E-state index in [9.17, 15) is 32.0 Å². The Balaban J connectivity index is 3.10. The highest BCUT2D eigenvalue weighted by Gasteiger charge is 2.63. The van der Waals surface area contributed by atoms with Crippen molar-refractivity contribution < 1.29 is 36.7 Å². The average molecular weight is 329 g/mol. The minimum atomic E-state index is -6.10. The van der Waals surface area contributed by atoms with Crippen LogP contribution in [0.1, 0.15) is 6.92 Å². The normalized spacial score (nSPS) is 12.0. The zero-order valence-electron chi connectivity index (χ0n) is 10.9. The molecule has 22 heavy (non-hydrogen) atoms. The number of carbonyl (C=O) groups is 1. The molecule has 0 atom stereocenters. The average Bonchev–Trinajstić information content (AvgIpc) is 2.39. The van der Waals surface area contributed by atoms with Gasteiger partial charge in [0.2, 0.25) is 0 Å². The molecule has 0 radical (unpaired) electrons. The van der Waals surface area contributed by atoms with Crippen LogP contribution in [0, 0.1) is 5.21 Å². The Labute approximate surface area is 120 Å². The summed E-state index contributed by atoms with van der Waals surface area (Å²) in [6, 6.07) is 2.81. The topological polar surface area (TPSA) is 84.9 Å². The van der Waals surface area contributed by atoms with Gasteiger partial charge in [0.05, 0.1) is 18.0 Å². The number of ether oxygens (including phenoxy) is 1. The van der Waals surface area contributed by atoms with Gasteiger partial charge in [-0.1, -0.05) is 0 Å². The van der Waals surface area contributed by atoms with Crippen molar-refractivity contribution in [2.45, 2.75) is 19.0 Å². The molecule has 0 saturated heterocycles. The Kier molecular flexibility index (Phi) is 5.14. The molecule has 0 aromatic heterocycles. The number of hydrogen-bond acceptors (Lipinski definition) is 5. The first kappa shape index (κ1) is 17.9. The number of nitrogens with one attached hydrogen (secondary N) is 1. The van der Waals surface area contributed by atoms with Gasteiger partial charge in [-0.2, -0.15) is 22.0 Å². The number of rotatable bonds is 5. The number of nitrogens with zero attached hydrogens (tertiary/aromatic N) is 1. The van der Waals surface area contributed by atoms with Crippen molar-refractivity contribution in [2.24, 2.45) is 0 Å². The zero-order chi connectivity index (χ0) is 17.1. The molecule has 1 aromatic rings. The maximum atomic E-state index is 12.8. The summed E-state index contributed by atoms with van der Waals surface area (Å²) in [5.74, 6) is -8.31. The summed E-state index contributed by atoms with van der Waals surface area (Å²) in [5, 5.41) is 20.2. The molecule has 0 saturated carbocycles. The Hall–Kier alpha value is -2.14. The Morgan fingerprint density at radius 1 is 1.36 bits per heavy atom. The molecule has 0 bridgehead atoms. The minimum absolute atomic E-state index is 0.0352. The van der Waals surface area contributed by atoms with Gasteiger partial charge >= 0.3 is 18.0 Å². The first-order chi connectivity index (χ1) is 10.0. The van der Waals surface area contributed by atoms with Crippen LogP contribution in [0.15, 0.2) is 18.2 Å². The summed E-state index contributed by atoms with van der Waals surface area (Å²) in [4.78, 5) is 11.1. The van der Waals surface area contributed by atoms with E-state index in [1.165, 1.54) is 5.32 Å². The second kappa shape index (κ2) is 6.32.